The minimum absolute atomic E-state index is 0.0267. The first-order valence-electron chi connectivity index (χ1n) is 13.1. The van der Waals surface area contributed by atoms with E-state index in [1.165, 1.54) is 17.1 Å². The number of hydrogen-bond acceptors (Lipinski definition) is 5. The molecular weight excluding hydrogens is 501 g/mol. The molecule has 2 aliphatic rings. The van der Waals surface area contributed by atoms with Crippen molar-refractivity contribution in [3.63, 3.8) is 0 Å². The van der Waals surface area contributed by atoms with E-state index < -0.39 is 18.2 Å². The van der Waals surface area contributed by atoms with Crippen molar-refractivity contribution >= 4 is 17.8 Å². The number of urea groups is 1. The number of benzene rings is 2. The van der Waals surface area contributed by atoms with E-state index in [1.54, 1.807) is 52.4 Å². The second-order valence-corrected chi connectivity index (χ2v) is 9.92. The summed E-state index contributed by atoms with van der Waals surface area (Å²) in [5.41, 5.74) is 1.91. The Kier molecular flexibility index (Phi) is 7.92. The van der Waals surface area contributed by atoms with Crippen LogP contribution in [0.25, 0.3) is 0 Å². The summed E-state index contributed by atoms with van der Waals surface area (Å²) >= 11 is 0. The Labute approximate surface area is 226 Å². The zero-order valence-corrected chi connectivity index (χ0v) is 21.8. The molecule has 2 saturated heterocycles. The maximum atomic E-state index is 13.7. The SMILES string of the molecule is CN1CC(=O)N2[C@@H](CCCc3ccccc3)C(=O)N(Cc3ccco3)C[C@@H]2N1C(=O)NCc1ccc(F)cc1. The molecule has 39 heavy (non-hydrogen) atoms. The second-order valence-electron chi connectivity index (χ2n) is 9.92. The van der Waals surface area contributed by atoms with Crippen LogP contribution in [0, 0.1) is 5.82 Å². The lowest BCUT2D eigenvalue weighted by Crippen LogP contribution is -2.75. The van der Waals surface area contributed by atoms with Crippen LogP contribution in [-0.2, 0) is 29.1 Å². The van der Waals surface area contributed by atoms with Crippen molar-refractivity contribution in [1.29, 1.82) is 0 Å². The molecule has 9 nitrogen and oxygen atoms in total. The van der Waals surface area contributed by atoms with Crippen LogP contribution in [0.3, 0.4) is 0 Å². The number of nitrogens with one attached hydrogen (secondary N) is 1. The maximum absolute atomic E-state index is 13.7. The molecule has 0 saturated carbocycles. The number of likely N-dealkylation sites (N-methyl/N-ethyl adjacent to an activating group) is 1. The Hall–Kier alpha value is -4.18. The van der Waals surface area contributed by atoms with Gasteiger partial charge in [0.1, 0.15) is 23.8 Å². The fraction of sp³-hybridized carbons (Fsp3) is 0.345. The number of furan rings is 1. The maximum Gasteiger partial charge on any atom is 0.334 e. The lowest BCUT2D eigenvalue weighted by molar-refractivity contribution is -0.188. The van der Waals surface area contributed by atoms with Crippen LogP contribution < -0.4 is 5.32 Å². The zero-order chi connectivity index (χ0) is 27.4. The van der Waals surface area contributed by atoms with Crippen molar-refractivity contribution in [1.82, 2.24) is 25.1 Å². The molecule has 10 heteroatoms. The van der Waals surface area contributed by atoms with Crippen LogP contribution in [0.5, 0.6) is 0 Å². The van der Waals surface area contributed by atoms with E-state index in [0.29, 0.717) is 18.6 Å². The van der Waals surface area contributed by atoms with Gasteiger partial charge in [-0.2, -0.15) is 0 Å². The lowest BCUT2D eigenvalue weighted by atomic mass is 9.99. The smallest absolute Gasteiger partial charge is 0.334 e. The van der Waals surface area contributed by atoms with Crippen molar-refractivity contribution < 1.29 is 23.2 Å². The number of nitrogens with zero attached hydrogens (tertiary/aromatic N) is 4. The molecule has 0 unspecified atom stereocenters. The van der Waals surface area contributed by atoms with E-state index in [9.17, 15) is 18.8 Å². The summed E-state index contributed by atoms with van der Waals surface area (Å²) in [6.07, 6.45) is 2.83. The van der Waals surface area contributed by atoms with Gasteiger partial charge in [-0.05, 0) is 54.7 Å². The summed E-state index contributed by atoms with van der Waals surface area (Å²) in [5.74, 6) is -0.0689. The van der Waals surface area contributed by atoms with Gasteiger partial charge in [0.15, 0.2) is 0 Å². The first-order valence-corrected chi connectivity index (χ1v) is 13.1. The van der Waals surface area contributed by atoms with Gasteiger partial charge in [0.25, 0.3) is 0 Å². The van der Waals surface area contributed by atoms with E-state index in [1.807, 2.05) is 30.3 Å². The molecule has 0 spiro atoms. The summed E-state index contributed by atoms with van der Waals surface area (Å²) in [6, 6.07) is 18.4. The Morgan fingerprint density at radius 1 is 1.03 bits per heavy atom. The van der Waals surface area contributed by atoms with Crippen LogP contribution in [0.15, 0.2) is 77.4 Å². The number of aryl methyl sites for hydroxylation is 1. The van der Waals surface area contributed by atoms with Crippen LogP contribution in [0.2, 0.25) is 0 Å². The molecule has 2 aromatic carbocycles. The number of rotatable bonds is 8. The van der Waals surface area contributed by atoms with E-state index in [-0.39, 0.29) is 43.8 Å². The molecule has 1 aromatic heterocycles. The average molecular weight is 534 g/mol. The molecule has 0 radical (unpaired) electrons. The molecule has 2 fully saturated rings. The summed E-state index contributed by atoms with van der Waals surface area (Å²) < 4.78 is 18.8. The molecule has 5 rings (SSSR count). The third-order valence-electron chi connectivity index (χ3n) is 7.22. The highest BCUT2D eigenvalue weighted by atomic mass is 19.1. The molecular formula is C29H32FN5O4. The fourth-order valence-electron chi connectivity index (χ4n) is 5.32. The van der Waals surface area contributed by atoms with E-state index in [4.69, 9.17) is 4.42 Å². The largest absolute Gasteiger partial charge is 0.467 e. The molecule has 0 bridgehead atoms. The van der Waals surface area contributed by atoms with Crippen molar-refractivity contribution in [2.45, 2.75) is 44.6 Å². The van der Waals surface area contributed by atoms with Gasteiger partial charge >= 0.3 is 6.03 Å². The van der Waals surface area contributed by atoms with Crippen molar-refractivity contribution in [2.75, 3.05) is 20.1 Å². The number of halogens is 1. The first kappa shape index (κ1) is 26.4. The number of fused-ring (bicyclic) bond motifs is 1. The molecule has 2 aliphatic heterocycles. The Morgan fingerprint density at radius 3 is 2.51 bits per heavy atom. The van der Waals surface area contributed by atoms with E-state index in [2.05, 4.69) is 5.32 Å². The Morgan fingerprint density at radius 2 is 1.79 bits per heavy atom. The molecule has 0 aliphatic carbocycles. The van der Waals surface area contributed by atoms with Crippen molar-refractivity contribution in [2.24, 2.45) is 0 Å². The van der Waals surface area contributed by atoms with Crippen LogP contribution in [0.4, 0.5) is 9.18 Å². The fourth-order valence-corrected chi connectivity index (χ4v) is 5.32. The number of hydrogen-bond donors (Lipinski definition) is 1. The zero-order valence-electron chi connectivity index (χ0n) is 21.8. The quantitative estimate of drug-likeness (QED) is 0.480. The number of amides is 4. The molecule has 204 valence electrons. The predicted octanol–water partition coefficient (Wildman–Crippen LogP) is 3.38. The van der Waals surface area contributed by atoms with Gasteiger partial charge in [-0.3, -0.25) is 9.59 Å². The third-order valence-corrected chi connectivity index (χ3v) is 7.22. The number of piperazine rings is 1. The van der Waals surface area contributed by atoms with Gasteiger partial charge < -0.3 is 19.5 Å². The average Bonchev–Trinajstić information content (AvgIpc) is 3.44. The normalized spacial score (nSPS) is 19.8. The first-order chi connectivity index (χ1) is 18.9. The minimum Gasteiger partial charge on any atom is -0.467 e. The highest BCUT2D eigenvalue weighted by Gasteiger charge is 2.50. The molecule has 3 aromatic rings. The number of carbonyl (C=O) groups excluding carboxylic acids is 3. The number of hydrazine groups is 1. The topological polar surface area (TPSA) is 89.3 Å². The number of carbonyl (C=O) groups is 3. The standard InChI is InChI=1S/C29H32FN5O4/c1-32-20-27(36)34-25(11-5-9-21-7-3-2-4-8-21)28(37)33(18-24-10-6-16-39-24)19-26(34)35(32)29(38)31-17-22-12-14-23(30)15-13-22/h2-4,6-8,10,12-16,25-26H,5,9,11,17-20H2,1H3,(H,31,38)/t25-,26-/m0/s1. The second kappa shape index (κ2) is 11.7. The van der Waals surface area contributed by atoms with Crippen molar-refractivity contribution in [3.05, 3.63) is 95.7 Å². The molecule has 3 heterocycles. The van der Waals surface area contributed by atoms with Crippen LogP contribution in [-0.4, -0.2) is 70.0 Å². The van der Waals surface area contributed by atoms with Crippen molar-refractivity contribution in [3.8, 4) is 0 Å². The van der Waals surface area contributed by atoms with Gasteiger partial charge in [-0.25, -0.2) is 19.2 Å². The monoisotopic (exact) mass is 533 g/mol. The van der Waals surface area contributed by atoms with Gasteiger partial charge in [0.05, 0.1) is 25.9 Å². The van der Waals surface area contributed by atoms with Gasteiger partial charge in [0, 0.05) is 13.6 Å². The van der Waals surface area contributed by atoms with E-state index >= 15 is 0 Å². The highest BCUT2D eigenvalue weighted by molar-refractivity contribution is 5.91. The van der Waals surface area contributed by atoms with Crippen LogP contribution >= 0.6 is 0 Å². The molecule has 1 N–H and O–H groups in total. The summed E-state index contributed by atoms with van der Waals surface area (Å²) in [4.78, 5) is 43.8. The molecule has 4 amide bonds. The Balaban J connectivity index is 1.37. The predicted molar refractivity (Wildman–Crippen MR) is 141 cm³/mol. The third kappa shape index (κ3) is 5.96. The molecule has 2 atom stereocenters. The summed E-state index contributed by atoms with van der Waals surface area (Å²) in [6.45, 7) is 0.559. The van der Waals surface area contributed by atoms with Crippen LogP contribution in [0.1, 0.15) is 29.7 Å². The minimum atomic E-state index is -0.698. The summed E-state index contributed by atoms with van der Waals surface area (Å²) in [7, 11) is 1.68. The highest BCUT2D eigenvalue weighted by Crippen LogP contribution is 2.29. The summed E-state index contributed by atoms with van der Waals surface area (Å²) in [5, 5.41) is 5.98. The van der Waals surface area contributed by atoms with Gasteiger partial charge in [0.2, 0.25) is 11.8 Å². The van der Waals surface area contributed by atoms with E-state index in [0.717, 1.165) is 17.5 Å². The Bertz CT molecular complexity index is 1280. The van der Waals surface area contributed by atoms with Gasteiger partial charge in [-0.1, -0.05) is 42.5 Å². The lowest BCUT2D eigenvalue weighted by Gasteiger charge is -2.54. The van der Waals surface area contributed by atoms with Gasteiger partial charge in [-0.15, -0.1) is 0 Å².